The van der Waals surface area contributed by atoms with Crippen LogP contribution in [0.25, 0.3) is 0 Å². The number of alkyl halides is 3. The van der Waals surface area contributed by atoms with E-state index in [4.69, 9.17) is 5.73 Å². The van der Waals surface area contributed by atoms with Gasteiger partial charge in [-0.2, -0.15) is 13.2 Å². The largest absolute Gasteiger partial charge is 0.393 e. The first-order valence-corrected chi connectivity index (χ1v) is 5.20. The van der Waals surface area contributed by atoms with Crippen LogP contribution in [-0.4, -0.2) is 27.5 Å². The molecule has 1 aromatic rings. The second kappa shape index (κ2) is 4.04. The van der Waals surface area contributed by atoms with Crippen LogP contribution in [0.4, 0.5) is 13.2 Å². The van der Waals surface area contributed by atoms with Crippen LogP contribution in [0, 0.1) is 5.92 Å². The minimum absolute atomic E-state index is 0.0683. The Kier molecular flexibility index (Phi) is 2.88. The second-order valence-electron chi connectivity index (χ2n) is 3.96. The van der Waals surface area contributed by atoms with Crippen molar-refractivity contribution in [2.24, 2.45) is 11.7 Å². The molecule has 1 atom stereocenters. The molecule has 1 aliphatic rings. The van der Waals surface area contributed by atoms with Gasteiger partial charge in [0.1, 0.15) is 11.6 Å². The van der Waals surface area contributed by atoms with Gasteiger partial charge in [-0.3, -0.25) is 0 Å². The Morgan fingerprint density at radius 3 is 2.75 bits per heavy atom. The summed E-state index contributed by atoms with van der Waals surface area (Å²) >= 11 is 0. The zero-order valence-corrected chi connectivity index (χ0v) is 8.67. The number of hydrogen-bond donors (Lipinski definition) is 1. The van der Waals surface area contributed by atoms with E-state index in [0.717, 1.165) is 0 Å². The molecule has 16 heavy (non-hydrogen) atoms. The molecule has 0 saturated carbocycles. The van der Waals surface area contributed by atoms with Crippen molar-refractivity contribution in [1.82, 2.24) is 14.8 Å². The van der Waals surface area contributed by atoms with Gasteiger partial charge >= 0.3 is 6.18 Å². The van der Waals surface area contributed by atoms with Gasteiger partial charge in [0.25, 0.3) is 0 Å². The van der Waals surface area contributed by atoms with Crippen LogP contribution in [0.1, 0.15) is 18.1 Å². The summed E-state index contributed by atoms with van der Waals surface area (Å²) in [6.45, 7) is 0.302. The molecule has 0 fully saturated rings. The number of aromatic nitrogens is 3. The van der Waals surface area contributed by atoms with Crippen molar-refractivity contribution < 1.29 is 13.2 Å². The molecule has 0 aromatic carbocycles. The molecule has 2 heterocycles. The van der Waals surface area contributed by atoms with Crippen molar-refractivity contribution in [3.63, 3.8) is 0 Å². The van der Waals surface area contributed by atoms with E-state index in [9.17, 15) is 13.2 Å². The Labute approximate surface area is 90.6 Å². The molecule has 90 valence electrons. The van der Waals surface area contributed by atoms with E-state index in [1.54, 1.807) is 4.57 Å². The number of rotatable bonds is 2. The predicted molar refractivity (Wildman–Crippen MR) is 50.6 cm³/mol. The zero-order valence-electron chi connectivity index (χ0n) is 8.67. The fourth-order valence-electron chi connectivity index (χ4n) is 1.96. The summed E-state index contributed by atoms with van der Waals surface area (Å²) in [6, 6.07) is 0. The number of fused-ring (bicyclic) bond motifs is 1. The Morgan fingerprint density at radius 1 is 1.38 bits per heavy atom. The van der Waals surface area contributed by atoms with Crippen molar-refractivity contribution in [3.05, 3.63) is 11.6 Å². The van der Waals surface area contributed by atoms with Gasteiger partial charge in [0, 0.05) is 19.4 Å². The van der Waals surface area contributed by atoms with Crippen molar-refractivity contribution in [2.45, 2.75) is 32.0 Å². The molecule has 0 aliphatic carbocycles. The Balaban J connectivity index is 2.21. The summed E-state index contributed by atoms with van der Waals surface area (Å²) in [5.41, 5.74) is 5.37. The fraction of sp³-hybridized carbons (Fsp3) is 0.778. The van der Waals surface area contributed by atoms with E-state index in [2.05, 4.69) is 10.2 Å². The predicted octanol–water partition coefficient (Wildman–Crippen LogP) is 0.904. The average molecular weight is 234 g/mol. The van der Waals surface area contributed by atoms with Gasteiger partial charge in [-0.1, -0.05) is 0 Å². The van der Waals surface area contributed by atoms with Crippen LogP contribution in [-0.2, 0) is 19.4 Å². The highest BCUT2D eigenvalue weighted by molar-refractivity contribution is 5.01. The first-order chi connectivity index (χ1) is 7.52. The molecule has 0 spiro atoms. The molecule has 2 rings (SSSR count). The van der Waals surface area contributed by atoms with Gasteiger partial charge in [0.2, 0.25) is 0 Å². The Bertz CT molecular complexity index is 371. The van der Waals surface area contributed by atoms with Crippen LogP contribution in [0.2, 0.25) is 0 Å². The lowest BCUT2D eigenvalue weighted by atomic mass is 9.99. The number of aryl methyl sites for hydroxylation is 1. The van der Waals surface area contributed by atoms with E-state index in [0.29, 0.717) is 31.0 Å². The summed E-state index contributed by atoms with van der Waals surface area (Å²) < 4.78 is 39.3. The molecule has 0 bridgehead atoms. The van der Waals surface area contributed by atoms with Crippen molar-refractivity contribution in [3.8, 4) is 0 Å². The first-order valence-electron chi connectivity index (χ1n) is 5.20. The maximum absolute atomic E-state index is 12.6. The van der Waals surface area contributed by atoms with Crippen LogP contribution in [0.15, 0.2) is 0 Å². The summed E-state index contributed by atoms with van der Waals surface area (Å²) in [6.07, 6.45) is -3.23. The molecular weight excluding hydrogens is 221 g/mol. The highest BCUT2D eigenvalue weighted by atomic mass is 19.4. The quantitative estimate of drug-likeness (QED) is 0.827. The summed E-state index contributed by atoms with van der Waals surface area (Å²) in [5, 5.41) is 7.75. The van der Waals surface area contributed by atoms with Crippen molar-refractivity contribution in [2.75, 3.05) is 6.54 Å². The number of hydrogen-bond acceptors (Lipinski definition) is 3. The minimum Gasteiger partial charge on any atom is -0.330 e. The SMILES string of the molecule is NCCc1nnc2n1C[C@H](C(F)(F)F)CC2. The van der Waals surface area contributed by atoms with Gasteiger partial charge in [-0.05, 0) is 13.0 Å². The lowest BCUT2D eigenvalue weighted by molar-refractivity contribution is -0.182. The van der Waals surface area contributed by atoms with Crippen LogP contribution in [0.3, 0.4) is 0 Å². The Hall–Kier alpha value is -1.11. The molecular formula is C9H13F3N4. The van der Waals surface area contributed by atoms with E-state index in [-0.39, 0.29) is 13.0 Å². The monoisotopic (exact) mass is 234 g/mol. The third-order valence-corrected chi connectivity index (χ3v) is 2.85. The molecule has 0 radical (unpaired) electrons. The highest BCUT2D eigenvalue weighted by Crippen LogP contribution is 2.34. The summed E-state index contributed by atoms with van der Waals surface area (Å²) in [5.74, 6) is -0.0806. The molecule has 4 nitrogen and oxygen atoms in total. The molecule has 7 heteroatoms. The number of nitrogens with zero attached hydrogens (tertiary/aromatic N) is 3. The number of halogens is 3. The van der Waals surface area contributed by atoms with E-state index in [1.165, 1.54) is 0 Å². The smallest absolute Gasteiger partial charge is 0.330 e. The standard InChI is InChI=1S/C9H13F3N4/c10-9(11,12)6-1-2-7-14-15-8(3-4-13)16(7)5-6/h6H,1-5,13H2/t6-/m1/s1. The summed E-state index contributed by atoms with van der Waals surface area (Å²) in [4.78, 5) is 0. The highest BCUT2D eigenvalue weighted by Gasteiger charge is 2.42. The van der Waals surface area contributed by atoms with Crippen LogP contribution < -0.4 is 5.73 Å². The lowest BCUT2D eigenvalue weighted by Gasteiger charge is -2.26. The van der Waals surface area contributed by atoms with Crippen molar-refractivity contribution >= 4 is 0 Å². The second-order valence-corrected chi connectivity index (χ2v) is 3.96. The Morgan fingerprint density at radius 2 is 2.12 bits per heavy atom. The normalized spacial score (nSPS) is 20.9. The average Bonchev–Trinajstić information content (AvgIpc) is 2.60. The maximum atomic E-state index is 12.6. The fourth-order valence-corrected chi connectivity index (χ4v) is 1.96. The lowest BCUT2D eigenvalue weighted by Crippen LogP contribution is -2.33. The van der Waals surface area contributed by atoms with Gasteiger partial charge in [0.05, 0.1) is 5.92 Å². The van der Waals surface area contributed by atoms with E-state index < -0.39 is 12.1 Å². The minimum atomic E-state index is -4.14. The molecule has 2 N–H and O–H groups in total. The maximum Gasteiger partial charge on any atom is 0.393 e. The zero-order chi connectivity index (χ0) is 11.8. The topological polar surface area (TPSA) is 56.7 Å². The van der Waals surface area contributed by atoms with E-state index >= 15 is 0 Å². The molecule has 0 unspecified atom stereocenters. The van der Waals surface area contributed by atoms with Gasteiger partial charge in [-0.25, -0.2) is 0 Å². The van der Waals surface area contributed by atoms with Gasteiger partial charge < -0.3 is 10.3 Å². The molecule has 0 saturated heterocycles. The van der Waals surface area contributed by atoms with Gasteiger partial charge in [-0.15, -0.1) is 10.2 Å². The first kappa shape index (κ1) is 11.4. The third-order valence-electron chi connectivity index (χ3n) is 2.85. The third kappa shape index (κ3) is 2.04. The summed E-state index contributed by atoms with van der Waals surface area (Å²) in [7, 11) is 0. The number of nitrogens with two attached hydrogens (primary N) is 1. The molecule has 0 amide bonds. The van der Waals surface area contributed by atoms with Crippen molar-refractivity contribution in [1.29, 1.82) is 0 Å². The molecule has 1 aromatic heterocycles. The van der Waals surface area contributed by atoms with Crippen LogP contribution in [0.5, 0.6) is 0 Å². The van der Waals surface area contributed by atoms with Gasteiger partial charge in [0.15, 0.2) is 0 Å². The molecule has 1 aliphatic heterocycles. The van der Waals surface area contributed by atoms with E-state index in [1.807, 2.05) is 0 Å². The van der Waals surface area contributed by atoms with Crippen LogP contribution >= 0.6 is 0 Å².